The Morgan fingerprint density at radius 2 is 1.95 bits per heavy atom. The van der Waals surface area contributed by atoms with Crippen molar-refractivity contribution in [3.8, 4) is 0 Å². The van der Waals surface area contributed by atoms with Crippen LogP contribution in [0.4, 0.5) is 5.95 Å². The van der Waals surface area contributed by atoms with Gasteiger partial charge in [-0.2, -0.15) is 4.98 Å². The van der Waals surface area contributed by atoms with Crippen LogP contribution in [-0.4, -0.2) is 33.8 Å². The number of nitrogens with one attached hydrogen (secondary N) is 2. The van der Waals surface area contributed by atoms with Crippen molar-refractivity contribution < 1.29 is 4.74 Å². The van der Waals surface area contributed by atoms with Crippen molar-refractivity contribution in [2.75, 3.05) is 18.5 Å². The van der Waals surface area contributed by atoms with Gasteiger partial charge in [-0.25, -0.2) is 14.2 Å². The molecule has 112 valence electrons. The first-order valence-electron chi connectivity index (χ1n) is 7.06. The molecule has 7 heteroatoms. The topological polar surface area (TPSA) is 89.0 Å². The van der Waals surface area contributed by atoms with Crippen molar-refractivity contribution >= 4 is 5.95 Å². The van der Waals surface area contributed by atoms with E-state index in [4.69, 9.17) is 4.74 Å². The first kappa shape index (κ1) is 14.8. The van der Waals surface area contributed by atoms with E-state index >= 15 is 0 Å². The van der Waals surface area contributed by atoms with Crippen LogP contribution < -0.4 is 16.7 Å². The first-order valence-corrected chi connectivity index (χ1v) is 7.06. The molecule has 1 unspecified atom stereocenters. The molecule has 0 radical (unpaired) electrons. The van der Waals surface area contributed by atoms with Crippen LogP contribution >= 0.6 is 0 Å². The normalized spacial score (nSPS) is 18.2. The van der Waals surface area contributed by atoms with Gasteiger partial charge in [-0.05, 0) is 39.5 Å². The lowest BCUT2D eigenvalue weighted by molar-refractivity contribution is 0.0621. The highest BCUT2D eigenvalue weighted by Gasteiger charge is 2.21. The summed E-state index contributed by atoms with van der Waals surface area (Å²) >= 11 is 0. The molecule has 0 aliphatic carbocycles. The molecule has 2 N–H and O–H groups in total. The van der Waals surface area contributed by atoms with Gasteiger partial charge in [-0.1, -0.05) is 0 Å². The average Bonchev–Trinajstić information content (AvgIpc) is 2.38. The second-order valence-electron chi connectivity index (χ2n) is 5.52. The SMILES string of the molecule is CC(Nc1nc(=O)n(C(C)C)c(=O)[nH]1)C1CCOCC1. The fourth-order valence-electron chi connectivity index (χ4n) is 2.50. The molecule has 0 amide bonds. The molecule has 1 aromatic rings. The Labute approximate surface area is 117 Å². The van der Waals surface area contributed by atoms with Crippen molar-refractivity contribution in [1.29, 1.82) is 0 Å². The molecule has 1 aliphatic heterocycles. The van der Waals surface area contributed by atoms with Gasteiger partial charge in [0.25, 0.3) is 0 Å². The quantitative estimate of drug-likeness (QED) is 0.850. The van der Waals surface area contributed by atoms with Gasteiger partial charge >= 0.3 is 11.4 Å². The standard InChI is InChI=1S/C13H22N4O3/c1-8(2)17-12(18)15-11(16-13(17)19)14-9(3)10-4-6-20-7-5-10/h8-10H,4-7H2,1-3H3,(H2,14,15,16,18,19). The van der Waals surface area contributed by atoms with Gasteiger partial charge in [-0.3, -0.25) is 4.98 Å². The summed E-state index contributed by atoms with van der Waals surface area (Å²) in [7, 11) is 0. The van der Waals surface area contributed by atoms with Crippen molar-refractivity contribution in [3.05, 3.63) is 21.0 Å². The minimum atomic E-state index is -0.523. The van der Waals surface area contributed by atoms with E-state index in [1.54, 1.807) is 13.8 Å². The third kappa shape index (κ3) is 3.27. The van der Waals surface area contributed by atoms with Crippen LogP contribution in [0.25, 0.3) is 0 Å². The molecule has 0 bridgehead atoms. The maximum Gasteiger partial charge on any atom is 0.355 e. The largest absolute Gasteiger partial charge is 0.381 e. The Kier molecular flexibility index (Phi) is 4.59. The van der Waals surface area contributed by atoms with Crippen LogP contribution in [0.5, 0.6) is 0 Å². The summed E-state index contributed by atoms with van der Waals surface area (Å²) in [5, 5.41) is 3.12. The van der Waals surface area contributed by atoms with Gasteiger partial charge in [0.2, 0.25) is 5.95 Å². The Morgan fingerprint density at radius 1 is 1.30 bits per heavy atom. The zero-order valence-electron chi connectivity index (χ0n) is 12.2. The number of ether oxygens (including phenoxy) is 1. The molecule has 2 heterocycles. The summed E-state index contributed by atoms with van der Waals surface area (Å²) < 4.78 is 6.43. The highest BCUT2D eigenvalue weighted by Crippen LogP contribution is 2.20. The lowest BCUT2D eigenvalue weighted by atomic mass is 9.93. The van der Waals surface area contributed by atoms with Crippen LogP contribution in [0, 0.1) is 5.92 Å². The Bertz CT molecular complexity index is 526. The second-order valence-corrected chi connectivity index (χ2v) is 5.52. The Morgan fingerprint density at radius 3 is 2.50 bits per heavy atom. The van der Waals surface area contributed by atoms with E-state index in [2.05, 4.69) is 15.3 Å². The molecule has 0 saturated carbocycles. The van der Waals surface area contributed by atoms with Gasteiger partial charge < -0.3 is 10.1 Å². The highest BCUT2D eigenvalue weighted by molar-refractivity contribution is 5.23. The van der Waals surface area contributed by atoms with E-state index in [1.165, 1.54) is 0 Å². The minimum absolute atomic E-state index is 0.136. The predicted octanol–water partition coefficient (Wildman–Crippen LogP) is 0.739. The summed E-state index contributed by atoms with van der Waals surface area (Å²) in [5.41, 5.74) is -0.952. The lowest BCUT2D eigenvalue weighted by Crippen LogP contribution is -2.40. The van der Waals surface area contributed by atoms with Gasteiger partial charge in [0.15, 0.2) is 0 Å². The third-order valence-electron chi connectivity index (χ3n) is 3.71. The summed E-state index contributed by atoms with van der Waals surface area (Å²) in [6, 6.07) is -0.0722. The van der Waals surface area contributed by atoms with Crippen LogP contribution in [-0.2, 0) is 4.74 Å². The molecular formula is C13H22N4O3. The average molecular weight is 282 g/mol. The molecule has 1 aromatic heterocycles. The summed E-state index contributed by atoms with van der Waals surface area (Å²) in [4.78, 5) is 30.2. The van der Waals surface area contributed by atoms with Crippen LogP contribution in [0.3, 0.4) is 0 Å². The number of rotatable bonds is 4. The monoisotopic (exact) mass is 282 g/mol. The fourth-order valence-corrected chi connectivity index (χ4v) is 2.50. The van der Waals surface area contributed by atoms with Crippen molar-refractivity contribution in [3.63, 3.8) is 0 Å². The number of hydrogen-bond acceptors (Lipinski definition) is 5. The molecular weight excluding hydrogens is 260 g/mol. The summed E-state index contributed by atoms with van der Waals surface area (Å²) in [6.45, 7) is 7.10. The molecule has 1 aliphatic rings. The number of aromatic amines is 1. The molecule has 20 heavy (non-hydrogen) atoms. The lowest BCUT2D eigenvalue weighted by Gasteiger charge is -2.28. The van der Waals surface area contributed by atoms with Crippen LogP contribution in [0.2, 0.25) is 0 Å². The van der Waals surface area contributed by atoms with Crippen LogP contribution in [0.1, 0.15) is 39.7 Å². The zero-order chi connectivity index (χ0) is 14.7. The van der Waals surface area contributed by atoms with Crippen molar-refractivity contribution in [2.45, 2.75) is 45.7 Å². The number of H-pyrrole nitrogens is 1. The van der Waals surface area contributed by atoms with E-state index in [-0.39, 0.29) is 18.0 Å². The van der Waals surface area contributed by atoms with Gasteiger partial charge in [0, 0.05) is 25.3 Å². The van der Waals surface area contributed by atoms with Gasteiger partial charge in [0.05, 0.1) is 0 Å². The highest BCUT2D eigenvalue weighted by atomic mass is 16.5. The number of hydrogen-bond donors (Lipinski definition) is 2. The molecule has 1 fully saturated rings. The molecule has 1 atom stereocenters. The zero-order valence-corrected chi connectivity index (χ0v) is 12.2. The van der Waals surface area contributed by atoms with Gasteiger partial charge in [0.1, 0.15) is 0 Å². The summed E-state index contributed by atoms with van der Waals surface area (Å²) in [5.74, 6) is 0.706. The molecule has 1 saturated heterocycles. The fraction of sp³-hybridized carbons (Fsp3) is 0.769. The number of anilines is 1. The smallest absolute Gasteiger partial charge is 0.355 e. The Hall–Kier alpha value is -1.63. The van der Waals surface area contributed by atoms with E-state index in [9.17, 15) is 9.59 Å². The van der Waals surface area contributed by atoms with Crippen molar-refractivity contribution in [1.82, 2.24) is 14.5 Å². The molecule has 7 nitrogen and oxygen atoms in total. The number of aromatic nitrogens is 3. The van der Waals surface area contributed by atoms with E-state index in [0.717, 1.165) is 30.6 Å². The van der Waals surface area contributed by atoms with E-state index in [1.807, 2.05) is 6.92 Å². The maximum atomic E-state index is 11.9. The van der Waals surface area contributed by atoms with E-state index in [0.29, 0.717) is 5.92 Å². The molecule has 2 rings (SSSR count). The van der Waals surface area contributed by atoms with Crippen LogP contribution in [0.15, 0.2) is 9.59 Å². The maximum absolute atomic E-state index is 11.9. The second kappa shape index (κ2) is 6.21. The molecule has 0 spiro atoms. The van der Waals surface area contributed by atoms with Gasteiger partial charge in [-0.15, -0.1) is 0 Å². The Balaban J connectivity index is 2.14. The third-order valence-corrected chi connectivity index (χ3v) is 3.71. The summed E-state index contributed by atoms with van der Waals surface area (Å²) in [6.07, 6.45) is 1.95. The first-order chi connectivity index (χ1) is 9.49. The van der Waals surface area contributed by atoms with E-state index < -0.39 is 11.4 Å². The molecule has 0 aromatic carbocycles. The number of nitrogens with zero attached hydrogens (tertiary/aromatic N) is 2. The van der Waals surface area contributed by atoms with Crippen molar-refractivity contribution in [2.24, 2.45) is 5.92 Å². The minimum Gasteiger partial charge on any atom is -0.381 e. The predicted molar refractivity (Wildman–Crippen MR) is 76.1 cm³/mol.